The second-order valence-corrected chi connectivity index (χ2v) is 5.37. The molecule has 6 heteroatoms. The summed E-state index contributed by atoms with van der Waals surface area (Å²) in [6.07, 6.45) is -3.83. The second-order valence-electron chi connectivity index (χ2n) is 5.37. The van der Waals surface area contributed by atoms with Crippen molar-refractivity contribution in [1.29, 1.82) is 0 Å². The maximum atomic E-state index is 12.7. The zero-order valence-corrected chi connectivity index (χ0v) is 12.3. The molecule has 0 bridgehead atoms. The average molecular weight is 302 g/mol. The number of carbonyl (C=O) groups is 1. The molecule has 1 aromatic rings. The molecule has 0 atom stereocenters. The van der Waals surface area contributed by atoms with Crippen LogP contribution in [0.2, 0.25) is 0 Å². The van der Waals surface area contributed by atoms with Crippen molar-refractivity contribution >= 4 is 5.91 Å². The number of hydrogen-bond acceptors (Lipinski definition) is 2. The van der Waals surface area contributed by atoms with Crippen LogP contribution in [0, 0.1) is 5.92 Å². The Morgan fingerprint density at radius 2 is 2.00 bits per heavy atom. The van der Waals surface area contributed by atoms with Crippen LogP contribution >= 0.6 is 0 Å². The van der Waals surface area contributed by atoms with Gasteiger partial charge in [-0.3, -0.25) is 4.79 Å². The molecule has 1 rings (SSSR count). The first kappa shape index (κ1) is 17.5. The fraction of sp³-hybridized carbons (Fsp3) is 0.533. The van der Waals surface area contributed by atoms with Crippen molar-refractivity contribution in [2.75, 3.05) is 19.6 Å². The Hall–Kier alpha value is -1.56. The Kier molecular flexibility index (Phi) is 6.20. The van der Waals surface area contributed by atoms with Gasteiger partial charge < -0.3 is 10.6 Å². The summed E-state index contributed by atoms with van der Waals surface area (Å²) < 4.78 is 38.1. The largest absolute Gasteiger partial charge is 0.416 e. The van der Waals surface area contributed by atoms with Gasteiger partial charge >= 0.3 is 6.18 Å². The van der Waals surface area contributed by atoms with E-state index in [-0.39, 0.29) is 17.4 Å². The third-order valence-corrected chi connectivity index (χ3v) is 2.94. The number of amides is 1. The van der Waals surface area contributed by atoms with E-state index in [2.05, 4.69) is 0 Å². The normalized spacial score (nSPS) is 11.8. The Balaban J connectivity index is 2.97. The van der Waals surface area contributed by atoms with Crippen LogP contribution in [0.1, 0.15) is 36.2 Å². The molecular weight excluding hydrogens is 281 g/mol. The van der Waals surface area contributed by atoms with Crippen LogP contribution in [-0.2, 0) is 6.18 Å². The number of nitrogens with zero attached hydrogens (tertiary/aromatic N) is 1. The average Bonchev–Trinajstić information content (AvgIpc) is 2.41. The number of hydrogen-bond donors (Lipinski definition) is 1. The van der Waals surface area contributed by atoms with Gasteiger partial charge in [-0.1, -0.05) is 19.9 Å². The molecule has 0 saturated carbocycles. The standard InChI is InChI=1S/C15H21F3N2O/c1-11(2)10-20(8-4-7-19)14(21)12-5-3-6-13(9-12)15(16,17)18/h3,5-6,9,11H,4,7-8,10,19H2,1-2H3. The predicted octanol–water partition coefficient (Wildman–Crippen LogP) is 3.15. The highest BCUT2D eigenvalue weighted by Crippen LogP contribution is 2.29. The SMILES string of the molecule is CC(C)CN(CCCN)C(=O)c1cccc(C(F)(F)F)c1. The summed E-state index contributed by atoms with van der Waals surface area (Å²) in [5.41, 5.74) is 4.69. The quantitative estimate of drug-likeness (QED) is 0.877. The molecule has 21 heavy (non-hydrogen) atoms. The van der Waals surface area contributed by atoms with Crippen LogP contribution in [0.25, 0.3) is 0 Å². The van der Waals surface area contributed by atoms with Gasteiger partial charge in [0.1, 0.15) is 0 Å². The molecular formula is C15H21F3N2O. The molecule has 0 aliphatic heterocycles. The van der Waals surface area contributed by atoms with Gasteiger partial charge in [0, 0.05) is 18.7 Å². The van der Waals surface area contributed by atoms with Crippen LogP contribution in [0.15, 0.2) is 24.3 Å². The van der Waals surface area contributed by atoms with Gasteiger partial charge in [-0.05, 0) is 37.1 Å². The lowest BCUT2D eigenvalue weighted by Gasteiger charge is -2.25. The van der Waals surface area contributed by atoms with E-state index in [1.165, 1.54) is 12.1 Å². The summed E-state index contributed by atoms with van der Waals surface area (Å²) in [4.78, 5) is 13.9. The van der Waals surface area contributed by atoms with E-state index in [1.54, 1.807) is 4.90 Å². The molecule has 118 valence electrons. The van der Waals surface area contributed by atoms with E-state index in [0.717, 1.165) is 12.1 Å². The van der Waals surface area contributed by atoms with E-state index in [0.29, 0.717) is 26.1 Å². The molecule has 2 N–H and O–H groups in total. The Labute approximate surface area is 122 Å². The monoisotopic (exact) mass is 302 g/mol. The van der Waals surface area contributed by atoms with Crippen molar-refractivity contribution in [3.8, 4) is 0 Å². The van der Waals surface area contributed by atoms with Crippen molar-refractivity contribution in [2.45, 2.75) is 26.4 Å². The molecule has 1 aromatic carbocycles. The molecule has 0 radical (unpaired) electrons. The van der Waals surface area contributed by atoms with Gasteiger partial charge in [-0.15, -0.1) is 0 Å². The highest BCUT2D eigenvalue weighted by Gasteiger charge is 2.31. The van der Waals surface area contributed by atoms with Crippen molar-refractivity contribution in [3.05, 3.63) is 35.4 Å². The number of halogens is 3. The Morgan fingerprint density at radius 3 is 2.52 bits per heavy atom. The maximum absolute atomic E-state index is 12.7. The zero-order chi connectivity index (χ0) is 16.0. The summed E-state index contributed by atoms with van der Waals surface area (Å²) in [6.45, 7) is 5.28. The molecule has 0 unspecified atom stereocenters. The van der Waals surface area contributed by atoms with E-state index in [4.69, 9.17) is 5.73 Å². The fourth-order valence-corrected chi connectivity index (χ4v) is 2.01. The molecule has 3 nitrogen and oxygen atoms in total. The van der Waals surface area contributed by atoms with Gasteiger partial charge in [0.25, 0.3) is 5.91 Å². The molecule has 0 fully saturated rings. The van der Waals surface area contributed by atoms with Crippen LogP contribution in [0.3, 0.4) is 0 Å². The molecule has 0 heterocycles. The first-order valence-electron chi connectivity index (χ1n) is 6.92. The smallest absolute Gasteiger partial charge is 0.338 e. The summed E-state index contributed by atoms with van der Waals surface area (Å²) in [7, 11) is 0. The summed E-state index contributed by atoms with van der Waals surface area (Å²) in [6, 6.07) is 4.53. The number of benzene rings is 1. The summed E-state index contributed by atoms with van der Waals surface area (Å²) >= 11 is 0. The van der Waals surface area contributed by atoms with Crippen LogP contribution in [-0.4, -0.2) is 30.4 Å². The Morgan fingerprint density at radius 1 is 1.33 bits per heavy atom. The zero-order valence-electron chi connectivity index (χ0n) is 12.3. The van der Waals surface area contributed by atoms with Gasteiger partial charge in [-0.25, -0.2) is 0 Å². The van der Waals surface area contributed by atoms with Crippen LogP contribution in [0.4, 0.5) is 13.2 Å². The summed E-state index contributed by atoms with van der Waals surface area (Å²) in [5.74, 6) is -0.152. The second kappa shape index (κ2) is 7.45. The topological polar surface area (TPSA) is 46.3 Å². The van der Waals surface area contributed by atoms with Crippen molar-refractivity contribution in [2.24, 2.45) is 11.7 Å². The minimum Gasteiger partial charge on any atom is -0.338 e. The molecule has 0 aliphatic carbocycles. The molecule has 0 aromatic heterocycles. The van der Waals surface area contributed by atoms with Gasteiger partial charge in [0.05, 0.1) is 5.56 Å². The highest BCUT2D eigenvalue weighted by atomic mass is 19.4. The summed E-state index contributed by atoms with van der Waals surface area (Å²) in [5, 5.41) is 0. The first-order chi connectivity index (χ1) is 9.75. The molecule has 0 spiro atoms. The molecule has 0 saturated heterocycles. The van der Waals surface area contributed by atoms with Gasteiger partial charge in [0.15, 0.2) is 0 Å². The van der Waals surface area contributed by atoms with Gasteiger partial charge in [0.2, 0.25) is 0 Å². The number of carbonyl (C=O) groups excluding carboxylic acids is 1. The minimum absolute atomic E-state index is 0.0579. The third kappa shape index (κ3) is 5.38. The number of rotatable bonds is 6. The van der Waals surface area contributed by atoms with Crippen molar-refractivity contribution in [3.63, 3.8) is 0 Å². The van der Waals surface area contributed by atoms with E-state index >= 15 is 0 Å². The fourth-order valence-electron chi connectivity index (χ4n) is 2.01. The number of nitrogens with two attached hydrogens (primary N) is 1. The maximum Gasteiger partial charge on any atom is 0.416 e. The highest BCUT2D eigenvalue weighted by molar-refractivity contribution is 5.94. The van der Waals surface area contributed by atoms with Crippen LogP contribution < -0.4 is 5.73 Å². The lowest BCUT2D eigenvalue weighted by Crippen LogP contribution is -2.36. The van der Waals surface area contributed by atoms with Gasteiger partial charge in [-0.2, -0.15) is 13.2 Å². The molecule has 1 amide bonds. The third-order valence-electron chi connectivity index (χ3n) is 2.94. The van der Waals surface area contributed by atoms with Crippen molar-refractivity contribution in [1.82, 2.24) is 4.90 Å². The Bertz CT molecular complexity index is 472. The lowest BCUT2D eigenvalue weighted by atomic mass is 10.1. The first-order valence-corrected chi connectivity index (χ1v) is 6.92. The minimum atomic E-state index is -4.45. The van der Waals surface area contributed by atoms with Crippen LogP contribution in [0.5, 0.6) is 0 Å². The lowest BCUT2D eigenvalue weighted by molar-refractivity contribution is -0.137. The van der Waals surface area contributed by atoms with E-state index in [9.17, 15) is 18.0 Å². The number of alkyl halides is 3. The van der Waals surface area contributed by atoms with E-state index in [1.807, 2.05) is 13.8 Å². The van der Waals surface area contributed by atoms with E-state index < -0.39 is 11.7 Å². The predicted molar refractivity (Wildman–Crippen MR) is 75.9 cm³/mol. The molecule has 0 aliphatic rings. The van der Waals surface area contributed by atoms with Crippen molar-refractivity contribution < 1.29 is 18.0 Å².